The second kappa shape index (κ2) is 8.86. The van der Waals surface area contributed by atoms with Gasteiger partial charge in [0.05, 0.1) is 7.11 Å². The van der Waals surface area contributed by atoms with E-state index in [4.69, 9.17) is 4.74 Å². The van der Waals surface area contributed by atoms with Crippen LogP contribution in [-0.2, 0) is 11.3 Å². The van der Waals surface area contributed by atoms with Crippen molar-refractivity contribution in [3.63, 3.8) is 0 Å². The quantitative estimate of drug-likeness (QED) is 0.683. The van der Waals surface area contributed by atoms with Gasteiger partial charge < -0.3 is 10.1 Å². The Labute approximate surface area is 154 Å². The first-order chi connectivity index (χ1) is 12.8. The van der Waals surface area contributed by atoms with Gasteiger partial charge in [0.15, 0.2) is 0 Å². The van der Waals surface area contributed by atoms with Gasteiger partial charge in [0, 0.05) is 18.9 Å². The highest BCUT2D eigenvalue weighted by molar-refractivity contribution is 5.77. The molecule has 0 aliphatic rings. The summed E-state index contributed by atoms with van der Waals surface area (Å²) in [6.45, 7) is 0.545. The molecular weight excluding hydrogens is 322 g/mol. The normalized spacial score (nSPS) is 11.6. The molecule has 3 nitrogen and oxygen atoms in total. The fraction of sp³-hybridized carbons (Fsp3) is 0.174. The number of methoxy groups -OCH3 is 1. The summed E-state index contributed by atoms with van der Waals surface area (Å²) in [4.78, 5) is 12.6. The summed E-state index contributed by atoms with van der Waals surface area (Å²) in [7, 11) is 1.65. The van der Waals surface area contributed by atoms with Gasteiger partial charge in [-0.05, 0) is 28.8 Å². The minimum atomic E-state index is 0.0119. The van der Waals surface area contributed by atoms with Crippen LogP contribution < -0.4 is 10.1 Å². The maximum atomic E-state index is 12.6. The summed E-state index contributed by atoms with van der Waals surface area (Å²) in [6, 6.07) is 28.0. The number of carbonyl (C=O) groups excluding carboxylic acids is 1. The molecule has 0 saturated carbocycles. The van der Waals surface area contributed by atoms with Crippen LogP contribution in [0.5, 0.6) is 5.75 Å². The van der Waals surface area contributed by atoms with Crippen LogP contribution in [0.4, 0.5) is 0 Å². The Hall–Kier alpha value is -3.07. The van der Waals surface area contributed by atoms with Crippen LogP contribution >= 0.6 is 0 Å². The van der Waals surface area contributed by atoms with Crippen LogP contribution in [0.1, 0.15) is 29.0 Å². The van der Waals surface area contributed by atoms with Gasteiger partial charge >= 0.3 is 0 Å². The van der Waals surface area contributed by atoms with Crippen molar-refractivity contribution in [2.45, 2.75) is 18.9 Å². The van der Waals surface area contributed by atoms with Gasteiger partial charge in [-0.25, -0.2) is 0 Å². The van der Waals surface area contributed by atoms with E-state index in [0.717, 1.165) is 22.4 Å². The molecule has 26 heavy (non-hydrogen) atoms. The Balaban J connectivity index is 1.74. The van der Waals surface area contributed by atoms with Crippen molar-refractivity contribution in [3.05, 3.63) is 102 Å². The highest BCUT2D eigenvalue weighted by atomic mass is 16.5. The highest BCUT2D eigenvalue weighted by Gasteiger charge is 2.18. The van der Waals surface area contributed by atoms with Crippen LogP contribution in [-0.4, -0.2) is 13.0 Å². The van der Waals surface area contributed by atoms with Gasteiger partial charge in [-0.2, -0.15) is 0 Å². The second-order valence-corrected chi connectivity index (χ2v) is 6.20. The number of carbonyl (C=O) groups is 1. The fourth-order valence-electron chi connectivity index (χ4n) is 3.00. The van der Waals surface area contributed by atoms with Crippen LogP contribution in [0.3, 0.4) is 0 Å². The standard InChI is InChI=1S/C23H23NO2/c1-26-21-14-12-20(13-15-21)22(19-10-6-3-7-11-19)16-23(25)24-17-18-8-4-2-5-9-18/h2-15,22H,16-17H2,1H3,(H,24,25)/t22-/m1/s1. The highest BCUT2D eigenvalue weighted by Crippen LogP contribution is 2.29. The molecule has 0 fully saturated rings. The van der Waals surface area contributed by atoms with Gasteiger partial charge in [-0.3, -0.25) is 4.79 Å². The number of amides is 1. The maximum Gasteiger partial charge on any atom is 0.221 e. The zero-order valence-corrected chi connectivity index (χ0v) is 14.9. The molecule has 0 aromatic heterocycles. The van der Waals surface area contributed by atoms with E-state index in [-0.39, 0.29) is 11.8 Å². The van der Waals surface area contributed by atoms with E-state index in [1.807, 2.05) is 72.8 Å². The molecule has 0 spiro atoms. The van der Waals surface area contributed by atoms with Crippen molar-refractivity contribution < 1.29 is 9.53 Å². The van der Waals surface area contributed by atoms with Gasteiger partial charge in [0.25, 0.3) is 0 Å². The summed E-state index contributed by atoms with van der Waals surface area (Å²) in [6.07, 6.45) is 0.406. The topological polar surface area (TPSA) is 38.3 Å². The minimum Gasteiger partial charge on any atom is -0.497 e. The molecule has 3 aromatic carbocycles. The van der Waals surface area contributed by atoms with E-state index in [2.05, 4.69) is 17.4 Å². The molecule has 3 heteroatoms. The van der Waals surface area contributed by atoms with Crippen LogP contribution in [0.2, 0.25) is 0 Å². The van der Waals surface area contributed by atoms with Gasteiger partial charge in [0.2, 0.25) is 5.91 Å². The largest absolute Gasteiger partial charge is 0.497 e. The molecule has 0 radical (unpaired) electrons. The Morgan fingerprint density at radius 2 is 1.42 bits per heavy atom. The minimum absolute atomic E-state index is 0.0119. The summed E-state index contributed by atoms with van der Waals surface area (Å²) >= 11 is 0. The fourth-order valence-corrected chi connectivity index (χ4v) is 3.00. The van der Waals surface area contributed by atoms with Crippen LogP contribution in [0.15, 0.2) is 84.9 Å². The molecule has 0 unspecified atom stereocenters. The number of hydrogen-bond donors (Lipinski definition) is 1. The first-order valence-corrected chi connectivity index (χ1v) is 8.76. The molecule has 0 aliphatic carbocycles. The molecule has 3 aromatic rings. The smallest absolute Gasteiger partial charge is 0.221 e. The third-order valence-electron chi connectivity index (χ3n) is 4.44. The summed E-state index contributed by atoms with van der Waals surface area (Å²) in [5, 5.41) is 3.03. The molecule has 3 rings (SSSR count). The number of hydrogen-bond acceptors (Lipinski definition) is 2. The lowest BCUT2D eigenvalue weighted by Crippen LogP contribution is -2.25. The molecule has 1 amide bonds. The third kappa shape index (κ3) is 4.73. The molecule has 1 N–H and O–H groups in total. The van der Waals surface area contributed by atoms with E-state index >= 15 is 0 Å². The zero-order valence-electron chi connectivity index (χ0n) is 14.9. The Morgan fingerprint density at radius 1 is 0.846 bits per heavy atom. The third-order valence-corrected chi connectivity index (χ3v) is 4.44. The van der Waals surface area contributed by atoms with Crippen LogP contribution in [0, 0.1) is 0 Å². The second-order valence-electron chi connectivity index (χ2n) is 6.20. The number of benzene rings is 3. The molecule has 0 bridgehead atoms. The number of rotatable bonds is 7. The van der Waals surface area contributed by atoms with E-state index in [1.54, 1.807) is 7.11 Å². The van der Waals surface area contributed by atoms with Gasteiger partial charge in [0.1, 0.15) is 5.75 Å². The molecular formula is C23H23NO2. The van der Waals surface area contributed by atoms with E-state index in [0.29, 0.717) is 13.0 Å². The monoisotopic (exact) mass is 345 g/mol. The summed E-state index contributed by atoms with van der Waals surface area (Å²) in [5.41, 5.74) is 3.33. The van der Waals surface area contributed by atoms with Crippen molar-refractivity contribution in [2.24, 2.45) is 0 Å². The average molecular weight is 345 g/mol. The Morgan fingerprint density at radius 3 is 2.04 bits per heavy atom. The van der Waals surface area contributed by atoms with Crippen molar-refractivity contribution in [3.8, 4) is 5.75 Å². The first kappa shape index (κ1) is 17.7. The zero-order chi connectivity index (χ0) is 18.2. The SMILES string of the molecule is COc1ccc([C@H](CC(=O)NCc2ccccc2)c2ccccc2)cc1. The van der Waals surface area contributed by atoms with Gasteiger partial charge in [-0.15, -0.1) is 0 Å². The van der Waals surface area contributed by atoms with Crippen molar-refractivity contribution >= 4 is 5.91 Å². The molecule has 0 aliphatic heterocycles. The predicted molar refractivity (Wildman–Crippen MR) is 104 cm³/mol. The number of nitrogens with one attached hydrogen (secondary N) is 1. The maximum absolute atomic E-state index is 12.6. The molecule has 0 heterocycles. The lowest BCUT2D eigenvalue weighted by molar-refractivity contribution is -0.121. The van der Waals surface area contributed by atoms with Crippen LogP contribution in [0.25, 0.3) is 0 Å². The first-order valence-electron chi connectivity index (χ1n) is 8.76. The van der Waals surface area contributed by atoms with E-state index in [1.165, 1.54) is 0 Å². The van der Waals surface area contributed by atoms with Gasteiger partial charge in [-0.1, -0.05) is 72.8 Å². The predicted octanol–water partition coefficient (Wildman–Crippen LogP) is 4.53. The number of ether oxygens (including phenoxy) is 1. The lowest BCUT2D eigenvalue weighted by Gasteiger charge is -2.18. The summed E-state index contributed by atoms with van der Waals surface area (Å²) in [5.74, 6) is 0.866. The van der Waals surface area contributed by atoms with E-state index < -0.39 is 0 Å². The Kier molecular flexibility index (Phi) is 6.05. The van der Waals surface area contributed by atoms with Crippen molar-refractivity contribution in [2.75, 3.05) is 7.11 Å². The van der Waals surface area contributed by atoms with Crippen molar-refractivity contribution in [1.82, 2.24) is 5.32 Å². The molecule has 132 valence electrons. The van der Waals surface area contributed by atoms with E-state index in [9.17, 15) is 4.79 Å². The average Bonchev–Trinajstić information content (AvgIpc) is 2.72. The Bertz CT molecular complexity index is 814. The van der Waals surface area contributed by atoms with Crippen molar-refractivity contribution in [1.29, 1.82) is 0 Å². The molecule has 0 saturated heterocycles. The molecule has 1 atom stereocenters. The summed E-state index contributed by atoms with van der Waals surface area (Å²) < 4.78 is 5.24. The lowest BCUT2D eigenvalue weighted by atomic mass is 9.88.